The number of hydrogen-bond acceptors (Lipinski definition) is 2. The first-order chi connectivity index (χ1) is 14.1. The van der Waals surface area contributed by atoms with E-state index in [-0.39, 0.29) is 5.56 Å². The highest BCUT2D eigenvalue weighted by molar-refractivity contribution is 6.32. The van der Waals surface area contributed by atoms with Crippen molar-refractivity contribution in [3.05, 3.63) is 110 Å². The zero-order chi connectivity index (χ0) is 20.4. The quantitative estimate of drug-likeness (QED) is 0.473. The molecule has 4 nitrogen and oxygen atoms in total. The molecule has 29 heavy (non-hydrogen) atoms. The number of nitrogens with zero attached hydrogens (tertiary/aromatic N) is 2. The molecule has 0 aliphatic heterocycles. The molecule has 4 rings (SSSR count). The van der Waals surface area contributed by atoms with Crippen molar-refractivity contribution in [1.82, 2.24) is 9.13 Å². The normalized spacial score (nSPS) is 10.6. The molecule has 0 radical (unpaired) electrons. The molecular formula is C24H17ClN2O2. The maximum atomic E-state index is 13.0. The summed E-state index contributed by atoms with van der Waals surface area (Å²) in [6, 6.07) is 21.8. The van der Waals surface area contributed by atoms with Crippen LogP contribution in [-0.2, 0) is 6.54 Å². The first kappa shape index (κ1) is 18.8. The molecule has 0 aliphatic carbocycles. The highest BCUT2D eigenvalue weighted by atomic mass is 35.5. The van der Waals surface area contributed by atoms with E-state index in [1.54, 1.807) is 41.0 Å². The summed E-state index contributed by atoms with van der Waals surface area (Å²) in [7, 11) is 0. The van der Waals surface area contributed by atoms with Crippen molar-refractivity contribution in [3.63, 3.8) is 0 Å². The standard InChI is InChI=1S/C24H17ClN2O2/c1-2-26-21-11-7-6-10-19(21)23(28)27(24(26)29)22-15-14-18(16-20(22)25)13-12-17-8-4-3-5-9-17/h3-11,14-16H,2H2,1H3. The number of para-hydroxylation sites is 1. The summed E-state index contributed by atoms with van der Waals surface area (Å²) < 4.78 is 2.69. The summed E-state index contributed by atoms with van der Waals surface area (Å²) in [6.07, 6.45) is 0. The summed E-state index contributed by atoms with van der Waals surface area (Å²) in [5, 5.41) is 0.764. The Kier molecular flexibility index (Phi) is 5.07. The number of fused-ring (bicyclic) bond motifs is 1. The van der Waals surface area contributed by atoms with Gasteiger partial charge in [-0.1, -0.05) is 53.8 Å². The smallest absolute Gasteiger partial charge is 0.293 e. The summed E-state index contributed by atoms with van der Waals surface area (Å²) in [6.45, 7) is 2.31. The van der Waals surface area contributed by atoms with Gasteiger partial charge in [-0.3, -0.25) is 9.36 Å². The molecule has 0 spiro atoms. The molecule has 142 valence electrons. The summed E-state index contributed by atoms with van der Waals surface area (Å²) in [5.41, 5.74) is 1.75. The molecule has 0 aliphatic rings. The Morgan fingerprint density at radius 1 is 0.862 bits per heavy atom. The van der Waals surface area contributed by atoms with Crippen LogP contribution in [0.1, 0.15) is 18.1 Å². The van der Waals surface area contributed by atoms with Crippen molar-refractivity contribution in [2.24, 2.45) is 0 Å². The molecule has 0 atom stereocenters. The number of benzene rings is 3. The lowest BCUT2D eigenvalue weighted by molar-refractivity contribution is 0.692. The molecule has 3 aromatic carbocycles. The van der Waals surface area contributed by atoms with Gasteiger partial charge >= 0.3 is 5.69 Å². The molecule has 0 amide bonds. The number of rotatable bonds is 2. The first-order valence-electron chi connectivity index (χ1n) is 9.21. The van der Waals surface area contributed by atoms with Gasteiger partial charge in [-0.05, 0) is 49.4 Å². The van der Waals surface area contributed by atoms with Crippen molar-refractivity contribution in [2.75, 3.05) is 0 Å². The van der Waals surface area contributed by atoms with Crippen LogP contribution in [-0.4, -0.2) is 9.13 Å². The molecule has 0 N–H and O–H groups in total. The van der Waals surface area contributed by atoms with Crippen LogP contribution in [0.5, 0.6) is 0 Å². The Hall–Kier alpha value is -3.55. The minimum atomic E-state index is -0.416. The number of aryl methyl sites for hydroxylation is 1. The Morgan fingerprint density at radius 2 is 1.55 bits per heavy atom. The third kappa shape index (κ3) is 3.49. The summed E-state index contributed by atoms with van der Waals surface area (Å²) in [4.78, 5) is 26.1. The summed E-state index contributed by atoms with van der Waals surface area (Å²) in [5.74, 6) is 6.13. The lowest BCUT2D eigenvalue weighted by atomic mass is 10.1. The van der Waals surface area contributed by atoms with Crippen molar-refractivity contribution < 1.29 is 0 Å². The molecule has 1 aromatic heterocycles. The SMILES string of the molecule is CCn1c(=O)n(-c2ccc(C#Cc3ccccc3)cc2Cl)c(=O)c2ccccc21. The fourth-order valence-corrected chi connectivity index (χ4v) is 3.54. The van der Waals surface area contributed by atoms with Gasteiger partial charge in [0.15, 0.2) is 0 Å². The van der Waals surface area contributed by atoms with Crippen LogP contribution in [0.25, 0.3) is 16.6 Å². The maximum Gasteiger partial charge on any atom is 0.336 e. The minimum Gasteiger partial charge on any atom is -0.293 e. The molecule has 0 bridgehead atoms. The molecule has 0 unspecified atom stereocenters. The minimum absolute atomic E-state index is 0.294. The van der Waals surface area contributed by atoms with Crippen LogP contribution in [0, 0.1) is 11.8 Å². The van der Waals surface area contributed by atoms with Crippen LogP contribution in [0.4, 0.5) is 0 Å². The van der Waals surface area contributed by atoms with Gasteiger partial charge in [-0.2, -0.15) is 0 Å². The van der Waals surface area contributed by atoms with Gasteiger partial charge in [0.05, 0.1) is 21.6 Å². The number of hydrogen-bond donors (Lipinski definition) is 0. The topological polar surface area (TPSA) is 44.0 Å². The Bertz CT molecular complexity index is 1390. The van der Waals surface area contributed by atoms with E-state index >= 15 is 0 Å². The van der Waals surface area contributed by atoms with Gasteiger partial charge < -0.3 is 0 Å². The van der Waals surface area contributed by atoms with Gasteiger partial charge in [0.25, 0.3) is 5.56 Å². The van der Waals surface area contributed by atoms with Gasteiger partial charge in [0.2, 0.25) is 0 Å². The van der Waals surface area contributed by atoms with E-state index in [2.05, 4.69) is 11.8 Å². The largest absolute Gasteiger partial charge is 0.336 e. The molecule has 0 fully saturated rings. The average Bonchev–Trinajstić information content (AvgIpc) is 2.75. The lowest BCUT2D eigenvalue weighted by Gasteiger charge is -2.13. The number of aromatic nitrogens is 2. The van der Waals surface area contributed by atoms with Crippen LogP contribution in [0.2, 0.25) is 5.02 Å². The molecule has 5 heteroatoms. The van der Waals surface area contributed by atoms with Gasteiger partial charge in [0.1, 0.15) is 0 Å². The monoisotopic (exact) mass is 400 g/mol. The van der Waals surface area contributed by atoms with Gasteiger partial charge in [-0.15, -0.1) is 0 Å². The van der Waals surface area contributed by atoms with Crippen LogP contribution in [0.15, 0.2) is 82.4 Å². The van der Waals surface area contributed by atoms with E-state index < -0.39 is 5.69 Å². The van der Waals surface area contributed by atoms with Crippen molar-refractivity contribution in [3.8, 4) is 17.5 Å². The first-order valence-corrected chi connectivity index (χ1v) is 9.59. The third-order valence-electron chi connectivity index (χ3n) is 4.68. The van der Waals surface area contributed by atoms with Crippen LogP contribution in [0.3, 0.4) is 0 Å². The lowest BCUT2D eigenvalue weighted by Crippen LogP contribution is -2.38. The molecular weight excluding hydrogens is 384 g/mol. The molecule has 4 aromatic rings. The zero-order valence-corrected chi connectivity index (χ0v) is 16.5. The molecule has 0 saturated carbocycles. The van der Waals surface area contributed by atoms with Crippen molar-refractivity contribution in [1.29, 1.82) is 0 Å². The predicted molar refractivity (Wildman–Crippen MR) is 117 cm³/mol. The average molecular weight is 401 g/mol. The van der Waals surface area contributed by atoms with Gasteiger partial charge in [0, 0.05) is 17.7 Å². The summed E-state index contributed by atoms with van der Waals surface area (Å²) >= 11 is 6.46. The second-order valence-corrected chi connectivity index (χ2v) is 6.87. The Labute approximate surface area is 172 Å². The maximum absolute atomic E-state index is 13.0. The van der Waals surface area contributed by atoms with Crippen LogP contribution < -0.4 is 11.2 Å². The second-order valence-electron chi connectivity index (χ2n) is 6.47. The van der Waals surface area contributed by atoms with E-state index in [9.17, 15) is 9.59 Å². The van der Waals surface area contributed by atoms with Crippen molar-refractivity contribution in [2.45, 2.75) is 13.5 Å². The fourth-order valence-electron chi connectivity index (χ4n) is 3.27. The molecule has 1 heterocycles. The van der Waals surface area contributed by atoms with E-state index in [4.69, 9.17) is 11.6 Å². The number of halogens is 1. The highest BCUT2D eigenvalue weighted by Gasteiger charge is 2.15. The second kappa shape index (κ2) is 7.83. The van der Waals surface area contributed by atoms with Crippen LogP contribution >= 0.6 is 11.6 Å². The molecule has 0 saturated heterocycles. The van der Waals surface area contributed by atoms with E-state index in [1.165, 1.54) is 0 Å². The third-order valence-corrected chi connectivity index (χ3v) is 4.98. The van der Waals surface area contributed by atoms with Crippen molar-refractivity contribution >= 4 is 22.5 Å². The van der Waals surface area contributed by atoms with E-state index in [0.717, 1.165) is 10.1 Å². The van der Waals surface area contributed by atoms with E-state index in [1.807, 2.05) is 43.3 Å². The fraction of sp³-hybridized carbons (Fsp3) is 0.0833. The van der Waals surface area contributed by atoms with Gasteiger partial charge in [-0.25, -0.2) is 9.36 Å². The Morgan fingerprint density at radius 3 is 2.28 bits per heavy atom. The Balaban J connectivity index is 1.86. The zero-order valence-electron chi connectivity index (χ0n) is 15.7. The van der Waals surface area contributed by atoms with E-state index in [0.29, 0.717) is 33.7 Å². The predicted octanol–water partition coefficient (Wildman–Crippen LogP) is 4.23. The highest BCUT2D eigenvalue weighted by Crippen LogP contribution is 2.20.